The fraction of sp³-hybridized carbons (Fsp3) is 0.381. The van der Waals surface area contributed by atoms with Crippen molar-refractivity contribution < 1.29 is 22.3 Å². The second-order valence-corrected chi connectivity index (χ2v) is 8.54. The number of ether oxygens (including phenoxy) is 1. The first-order chi connectivity index (χ1) is 13.7. The standard InChI is InChI=1S/C21H27FN2O4S/c1-5-18(15-11-13-16(28-3)14-12-15)23-21(25)19(6-2)24(29(4,26)27)20-10-8-7-9-17(20)22/h7-14,18-19H,5-6H2,1-4H3,(H,23,25)/t18-,19-/m1/s1. The minimum Gasteiger partial charge on any atom is -0.497 e. The number of carbonyl (C=O) groups is 1. The third kappa shape index (κ3) is 5.47. The van der Waals surface area contributed by atoms with Gasteiger partial charge in [0, 0.05) is 0 Å². The van der Waals surface area contributed by atoms with E-state index < -0.39 is 27.8 Å². The van der Waals surface area contributed by atoms with E-state index in [9.17, 15) is 17.6 Å². The lowest BCUT2D eigenvalue weighted by molar-refractivity contribution is -0.123. The van der Waals surface area contributed by atoms with Crippen molar-refractivity contribution in [3.05, 3.63) is 59.9 Å². The Hall–Kier alpha value is -2.61. The maximum Gasteiger partial charge on any atom is 0.244 e. The van der Waals surface area contributed by atoms with Gasteiger partial charge in [-0.05, 0) is 42.7 Å². The molecular weight excluding hydrogens is 395 g/mol. The lowest BCUT2D eigenvalue weighted by Gasteiger charge is -2.31. The van der Waals surface area contributed by atoms with Crippen molar-refractivity contribution in [2.45, 2.75) is 38.8 Å². The highest BCUT2D eigenvalue weighted by Crippen LogP contribution is 2.26. The summed E-state index contributed by atoms with van der Waals surface area (Å²) in [6.07, 6.45) is 1.76. The molecule has 0 spiro atoms. The predicted octanol–water partition coefficient (Wildman–Crippen LogP) is 3.65. The van der Waals surface area contributed by atoms with Crippen molar-refractivity contribution in [1.29, 1.82) is 0 Å². The number of nitrogens with one attached hydrogen (secondary N) is 1. The van der Waals surface area contributed by atoms with Crippen LogP contribution in [0, 0.1) is 5.82 Å². The number of carbonyl (C=O) groups excluding carboxylic acids is 1. The van der Waals surface area contributed by atoms with Gasteiger partial charge in [0.15, 0.2) is 0 Å². The molecule has 0 saturated carbocycles. The van der Waals surface area contributed by atoms with Crippen LogP contribution in [-0.2, 0) is 14.8 Å². The number of anilines is 1. The number of nitrogens with zero attached hydrogens (tertiary/aromatic N) is 1. The number of rotatable bonds is 9. The first-order valence-corrected chi connectivity index (χ1v) is 11.3. The summed E-state index contributed by atoms with van der Waals surface area (Å²) in [6, 6.07) is 11.4. The highest BCUT2D eigenvalue weighted by atomic mass is 32.2. The van der Waals surface area contributed by atoms with Gasteiger partial charge < -0.3 is 10.1 Å². The zero-order valence-electron chi connectivity index (χ0n) is 17.1. The molecule has 158 valence electrons. The lowest BCUT2D eigenvalue weighted by atomic mass is 10.0. The number of hydrogen-bond acceptors (Lipinski definition) is 4. The minimum atomic E-state index is -3.90. The van der Waals surface area contributed by atoms with E-state index in [1.54, 1.807) is 26.2 Å². The minimum absolute atomic E-state index is 0.144. The van der Waals surface area contributed by atoms with Crippen LogP contribution in [0.25, 0.3) is 0 Å². The number of methoxy groups -OCH3 is 1. The quantitative estimate of drug-likeness (QED) is 0.669. The Morgan fingerprint density at radius 1 is 1.10 bits per heavy atom. The van der Waals surface area contributed by atoms with Crippen LogP contribution in [0.2, 0.25) is 0 Å². The van der Waals surface area contributed by atoms with Crippen molar-refractivity contribution in [2.75, 3.05) is 17.7 Å². The molecule has 0 heterocycles. The van der Waals surface area contributed by atoms with E-state index in [1.165, 1.54) is 24.3 Å². The van der Waals surface area contributed by atoms with Gasteiger partial charge in [-0.2, -0.15) is 0 Å². The Bertz CT molecular complexity index is 932. The van der Waals surface area contributed by atoms with Crippen LogP contribution in [0.3, 0.4) is 0 Å². The Morgan fingerprint density at radius 3 is 2.21 bits per heavy atom. The van der Waals surface area contributed by atoms with Crippen LogP contribution in [0.5, 0.6) is 5.75 Å². The predicted molar refractivity (Wildman–Crippen MR) is 112 cm³/mol. The largest absolute Gasteiger partial charge is 0.497 e. The summed E-state index contributed by atoms with van der Waals surface area (Å²) in [4.78, 5) is 13.0. The van der Waals surface area contributed by atoms with Crippen molar-refractivity contribution in [2.24, 2.45) is 0 Å². The monoisotopic (exact) mass is 422 g/mol. The molecule has 2 atom stereocenters. The van der Waals surface area contributed by atoms with Gasteiger partial charge in [-0.15, -0.1) is 0 Å². The molecule has 2 rings (SSSR count). The smallest absolute Gasteiger partial charge is 0.244 e. The summed E-state index contributed by atoms with van der Waals surface area (Å²) in [7, 11) is -2.33. The number of sulfonamides is 1. The average molecular weight is 423 g/mol. The van der Waals surface area contributed by atoms with Crippen molar-refractivity contribution in [3.8, 4) is 5.75 Å². The Balaban J connectivity index is 2.34. The van der Waals surface area contributed by atoms with Gasteiger partial charge in [0.05, 0.1) is 25.1 Å². The molecule has 1 amide bonds. The molecular formula is C21H27FN2O4S. The topological polar surface area (TPSA) is 75.7 Å². The summed E-state index contributed by atoms with van der Waals surface area (Å²) in [6.45, 7) is 3.61. The SMILES string of the molecule is CC[C@H](C(=O)N[C@H](CC)c1ccc(OC)cc1)N(c1ccccc1F)S(C)(=O)=O. The zero-order valence-corrected chi connectivity index (χ0v) is 17.9. The molecule has 0 aliphatic carbocycles. The summed E-state index contributed by atoms with van der Waals surface area (Å²) in [5, 5.41) is 2.90. The second-order valence-electron chi connectivity index (χ2n) is 6.68. The van der Waals surface area contributed by atoms with Gasteiger partial charge in [-0.25, -0.2) is 12.8 Å². The number of para-hydroxylation sites is 1. The molecule has 0 aliphatic rings. The molecule has 8 heteroatoms. The molecule has 1 N–H and O–H groups in total. The highest BCUT2D eigenvalue weighted by molar-refractivity contribution is 7.92. The fourth-order valence-corrected chi connectivity index (χ4v) is 4.40. The van der Waals surface area contributed by atoms with Crippen molar-refractivity contribution in [3.63, 3.8) is 0 Å². The second kappa shape index (κ2) is 9.73. The average Bonchev–Trinajstić information content (AvgIpc) is 2.70. The van der Waals surface area contributed by atoms with Gasteiger partial charge in [0.2, 0.25) is 15.9 Å². The Kier molecular flexibility index (Phi) is 7.61. The van der Waals surface area contributed by atoms with E-state index in [1.807, 2.05) is 19.1 Å². The Morgan fingerprint density at radius 2 is 1.72 bits per heavy atom. The van der Waals surface area contributed by atoms with Crippen LogP contribution in [0.4, 0.5) is 10.1 Å². The van der Waals surface area contributed by atoms with E-state index in [-0.39, 0.29) is 18.2 Å². The van der Waals surface area contributed by atoms with Crippen LogP contribution >= 0.6 is 0 Å². The van der Waals surface area contributed by atoms with Gasteiger partial charge in [0.1, 0.15) is 17.6 Å². The third-order valence-electron chi connectivity index (χ3n) is 4.66. The molecule has 0 bridgehead atoms. The molecule has 0 fully saturated rings. The van der Waals surface area contributed by atoms with Crippen LogP contribution in [-0.4, -0.2) is 33.7 Å². The number of hydrogen-bond donors (Lipinski definition) is 1. The molecule has 0 unspecified atom stereocenters. The zero-order chi connectivity index (χ0) is 21.6. The van der Waals surface area contributed by atoms with Gasteiger partial charge >= 0.3 is 0 Å². The van der Waals surface area contributed by atoms with Crippen LogP contribution < -0.4 is 14.4 Å². The summed E-state index contributed by atoms with van der Waals surface area (Å²) in [5.74, 6) is -0.487. The first-order valence-electron chi connectivity index (χ1n) is 9.41. The molecule has 6 nitrogen and oxygen atoms in total. The lowest BCUT2D eigenvalue weighted by Crippen LogP contribution is -2.50. The molecule has 29 heavy (non-hydrogen) atoms. The van der Waals surface area contributed by atoms with E-state index in [0.717, 1.165) is 16.1 Å². The summed E-state index contributed by atoms with van der Waals surface area (Å²) < 4.78 is 45.3. The van der Waals surface area contributed by atoms with Crippen molar-refractivity contribution in [1.82, 2.24) is 5.32 Å². The van der Waals surface area contributed by atoms with Gasteiger partial charge in [-0.1, -0.05) is 38.1 Å². The third-order valence-corrected chi connectivity index (χ3v) is 5.83. The van der Waals surface area contributed by atoms with Crippen LogP contribution in [0.1, 0.15) is 38.3 Å². The van der Waals surface area contributed by atoms with E-state index in [4.69, 9.17) is 4.74 Å². The van der Waals surface area contributed by atoms with Gasteiger partial charge in [-0.3, -0.25) is 9.10 Å². The highest BCUT2D eigenvalue weighted by Gasteiger charge is 2.33. The Labute approximate surface area is 171 Å². The number of amides is 1. The molecule has 0 aromatic heterocycles. The number of halogens is 1. The van der Waals surface area contributed by atoms with E-state index >= 15 is 0 Å². The summed E-state index contributed by atoms with van der Waals surface area (Å²) >= 11 is 0. The maximum atomic E-state index is 14.3. The van der Waals surface area contributed by atoms with Crippen LogP contribution in [0.15, 0.2) is 48.5 Å². The normalized spacial score (nSPS) is 13.4. The molecule has 2 aromatic rings. The first kappa shape index (κ1) is 22.7. The van der Waals surface area contributed by atoms with Crippen molar-refractivity contribution >= 4 is 21.6 Å². The molecule has 0 aliphatic heterocycles. The summed E-state index contributed by atoms with van der Waals surface area (Å²) in [5.41, 5.74) is 0.725. The molecule has 2 aromatic carbocycles. The van der Waals surface area contributed by atoms with E-state index in [0.29, 0.717) is 12.2 Å². The molecule has 0 saturated heterocycles. The maximum absolute atomic E-state index is 14.3. The van der Waals surface area contributed by atoms with Gasteiger partial charge in [0.25, 0.3) is 0 Å². The fourth-order valence-electron chi connectivity index (χ4n) is 3.19. The molecule has 0 radical (unpaired) electrons. The number of benzene rings is 2. The van der Waals surface area contributed by atoms with E-state index in [2.05, 4.69) is 5.32 Å².